The second-order valence-corrected chi connectivity index (χ2v) is 6.35. The van der Waals surface area contributed by atoms with Crippen LogP contribution in [0.3, 0.4) is 0 Å². The number of hydroxylamine groups is 1. The minimum Gasteiger partial charge on any atom is -0.269 e. The third kappa shape index (κ3) is 1.97. The van der Waals surface area contributed by atoms with Crippen LogP contribution in [0.25, 0.3) is 10.8 Å². The van der Waals surface area contributed by atoms with Crippen molar-refractivity contribution in [2.45, 2.75) is 25.0 Å². The molecule has 0 radical (unpaired) electrons. The van der Waals surface area contributed by atoms with Crippen LogP contribution >= 0.6 is 0 Å². The fraction of sp³-hybridized carbons (Fsp3) is 0.200. The molecule has 5 rings (SSSR count). The number of rotatable bonds is 1. The van der Waals surface area contributed by atoms with Gasteiger partial charge >= 0.3 is 0 Å². The highest BCUT2D eigenvalue weighted by Crippen LogP contribution is 2.47. The Hall–Kier alpha value is -2.39. The van der Waals surface area contributed by atoms with E-state index in [4.69, 9.17) is 4.84 Å². The first-order valence-corrected chi connectivity index (χ1v) is 8.02. The highest BCUT2D eigenvalue weighted by molar-refractivity contribution is 5.96. The van der Waals surface area contributed by atoms with Crippen molar-refractivity contribution in [3.8, 4) is 0 Å². The lowest BCUT2D eigenvalue weighted by molar-refractivity contribution is 0.0741. The Kier molecular flexibility index (Phi) is 2.73. The first-order valence-electron chi connectivity index (χ1n) is 8.02. The van der Waals surface area contributed by atoms with Crippen LogP contribution in [0.4, 0.5) is 10.1 Å². The second-order valence-electron chi connectivity index (χ2n) is 6.35. The summed E-state index contributed by atoms with van der Waals surface area (Å²) in [6.07, 6.45) is 2.09. The number of halogens is 1. The number of fused-ring (bicyclic) bond motifs is 6. The molecular formula is C20H16FNO. The van der Waals surface area contributed by atoms with E-state index in [2.05, 4.69) is 41.5 Å². The van der Waals surface area contributed by atoms with Crippen LogP contribution in [-0.2, 0) is 11.3 Å². The third-order valence-corrected chi connectivity index (χ3v) is 4.94. The van der Waals surface area contributed by atoms with E-state index >= 15 is 0 Å². The number of nitrogens with zero attached hydrogens (tertiary/aromatic N) is 1. The minimum absolute atomic E-state index is 0.146. The zero-order chi connectivity index (χ0) is 15.4. The summed E-state index contributed by atoms with van der Waals surface area (Å²) in [6.45, 7) is 0. The maximum atomic E-state index is 13.2. The van der Waals surface area contributed by atoms with Crippen molar-refractivity contribution < 1.29 is 9.23 Å². The average molecular weight is 305 g/mol. The number of hydrogen-bond acceptors (Lipinski definition) is 2. The summed E-state index contributed by atoms with van der Waals surface area (Å²) < 4.78 is 13.2. The highest BCUT2D eigenvalue weighted by Gasteiger charge is 2.40. The molecule has 2 atom stereocenters. The summed E-state index contributed by atoms with van der Waals surface area (Å²) in [7, 11) is 0. The van der Waals surface area contributed by atoms with Gasteiger partial charge in [-0.15, -0.1) is 0 Å². The van der Waals surface area contributed by atoms with E-state index in [9.17, 15) is 4.39 Å². The Morgan fingerprint density at radius 3 is 2.65 bits per heavy atom. The van der Waals surface area contributed by atoms with Crippen LogP contribution in [0.5, 0.6) is 0 Å². The summed E-state index contributed by atoms with van der Waals surface area (Å²) in [5, 5.41) is 4.49. The molecule has 0 aromatic heterocycles. The van der Waals surface area contributed by atoms with Crippen LogP contribution < -0.4 is 5.06 Å². The van der Waals surface area contributed by atoms with E-state index in [0.29, 0.717) is 0 Å². The first-order chi connectivity index (χ1) is 11.3. The number of hydrogen-bond donors (Lipinski definition) is 0. The fourth-order valence-corrected chi connectivity index (χ4v) is 3.88. The molecule has 3 heteroatoms. The van der Waals surface area contributed by atoms with Gasteiger partial charge in [0.25, 0.3) is 0 Å². The highest BCUT2D eigenvalue weighted by atomic mass is 19.1. The minimum atomic E-state index is -0.198. The van der Waals surface area contributed by atoms with E-state index in [0.717, 1.165) is 18.4 Å². The van der Waals surface area contributed by atoms with Crippen LogP contribution in [0, 0.1) is 5.82 Å². The Labute approximate surface area is 134 Å². The lowest BCUT2D eigenvalue weighted by Crippen LogP contribution is -2.27. The predicted octanol–water partition coefficient (Wildman–Crippen LogP) is 4.79. The van der Waals surface area contributed by atoms with Crippen molar-refractivity contribution in [1.82, 2.24) is 0 Å². The molecule has 0 N–H and O–H groups in total. The van der Waals surface area contributed by atoms with Crippen LogP contribution in [0.1, 0.15) is 23.6 Å². The van der Waals surface area contributed by atoms with Gasteiger partial charge in [-0.1, -0.05) is 48.5 Å². The molecule has 1 saturated heterocycles. The maximum Gasteiger partial charge on any atom is 0.123 e. The molecule has 2 nitrogen and oxygen atoms in total. The van der Waals surface area contributed by atoms with Gasteiger partial charge in [0.2, 0.25) is 0 Å². The third-order valence-electron chi connectivity index (χ3n) is 4.94. The summed E-state index contributed by atoms with van der Waals surface area (Å²) in [6, 6.07) is 19.8. The van der Waals surface area contributed by atoms with Crippen molar-refractivity contribution >= 4 is 16.5 Å². The van der Waals surface area contributed by atoms with E-state index in [1.807, 2.05) is 12.1 Å². The summed E-state index contributed by atoms with van der Waals surface area (Å²) >= 11 is 0. The SMILES string of the molecule is Fc1ccc([C@@H]2C[C@@H]3Cc4ccc5ccccc5c4N2O3)cc1. The Morgan fingerprint density at radius 2 is 1.78 bits per heavy atom. The summed E-state index contributed by atoms with van der Waals surface area (Å²) in [4.78, 5) is 6.17. The fourth-order valence-electron chi connectivity index (χ4n) is 3.88. The molecule has 0 aliphatic carbocycles. The predicted molar refractivity (Wildman–Crippen MR) is 88.8 cm³/mol. The molecule has 2 aliphatic heterocycles. The standard InChI is InChI=1S/C20H16FNO/c21-16-9-7-14(8-10-16)19-12-17-11-15-6-5-13-3-1-2-4-18(13)20(15)22(19)23-17/h1-10,17,19H,11-12H2/t17-,19-/m0/s1. The molecule has 2 bridgehead atoms. The van der Waals surface area contributed by atoms with Gasteiger partial charge in [0.05, 0.1) is 17.8 Å². The normalized spacial score (nSPS) is 22.4. The Morgan fingerprint density at radius 1 is 0.957 bits per heavy atom. The van der Waals surface area contributed by atoms with Gasteiger partial charge in [-0.25, -0.2) is 9.45 Å². The second kappa shape index (κ2) is 4.80. The largest absolute Gasteiger partial charge is 0.269 e. The van der Waals surface area contributed by atoms with Crippen molar-refractivity contribution in [2.75, 3.05) is 5.06 Å². The van der Waals surface area contributed by atoms with Crippen molar-refractivity contribution in [2.24, 2.45) is 0 Å². The Bertz CT molecular complexity index is 890. The van der Waals surface area contributed by atoms with Gasteiger partial charge in [-0.3, -0.25) is 4.84 Å². The molecule has 3 aromatic carbocycles. The molecule has 1 fully saturated rings. The number of benzene rings is 3. The molecular weight excluding hydrogens is 289 g/mol. The van der Waals surface area contributed by atoms with Gasteiger partial charge in [0.1, 0.15) is 5.82 Å². The zero-order valence-corrected chi connectivity index (χ0v) is 12.6. The maximum absolute atomic E-state index is 13.2. The molecule has 0 spiro atoms. The van der Waals surface area contributed by atoms with E-state index < -0.39 is 0 Å². The topological polar surface area (TPSA) is 12.5 Å². The van der Waals surface area contributed by atoms with Gasteiger partial charge in [-0.2, -0.15) is 0 Å². The van der Waals surface area contributed by atoms with Crippen molar-refractivity contribution in [3.63, 3.8) is 0 Å². The van der Waals surface area contributed by atoms with Gasteiger partial charge in [0, 0.05) is 18.2 Å². The van der Waals surface area contributed by atoms with Crippen LogP contribution in [-0.4, -0.2) is 6.10 Å². The monoisotopic (exact) mass is 305 g/mol. The molecule has 2 heterocycles. The quantitative estimate of drug-likeness (QED) is 0.641. The average Bonchev–Trinajstić information content (AvgIpc) is 2.92. The van der Waals surface area contributed by atoms with Crippen molar-refractivity contribution in [3.05, 3.63) is 77.6 Å². The molecule has 0 unspecified atom stereocenters. The number of anilines is 1. The summed E-state index contributed by atoms with van der Waals surface area (Å²) in [5.74, 6) is -0.198. The van der Waals surface area contributed by atoms with Gasteiger partial charge < -0.3 is 0 Å². The first kappa shape index (κ1) is 13.1. The zero-order valence-electron chi connectivity index (χ0n) is 12.6. The molecule has 114 valence electrons. The lowest BCUT2D eigenvalue weighted by Gasteiger charge is -2.31. The van der Waals surface area contributed by atoms with Gasteiger partial charge in [0.15, 0.2) is 0 Å². The molecule has 0 amide bonds. The molecule has 23 heavy (non-hydrogen) atoms. The van der Waals surface area contributed by atoms with Crippen LogP contribution in [0.15, 0.2) is 60.7 Å². The van der Waals surface area contributed by atoms with E-state index in [-0.39, 0.29) is 18.0 Å². The molecule has 0 saturated carbocycles. The summed E-state index contributed by atoms with van der Waals surface area (Å²) in [5.41, 5.74) is 3.62. The molecule has 2 aliphatic rings. The van der Waals surface area contributed by atoms with Crippen molar-refractivity contribution in [1.29, 1.82) is 0 Å². The van der Waals surface area contributed by atoms with E-state index in [1.165, 1.54) is 34.2 Å². The Balaban J connectivity index is 1.68. The van der Waals surface area contributed by atoms with E-state index in [1.54, 1.807) is 0 Å². The lowest BCUT2D eigenvalue weighted by atomic mass is 9.99. The molecule has 3 aromatic rings. The smallest absolute Gasteiger partial charge is 0.123 e. The van der Waals surface area contributed by atoms with Crippen LogP contribution in [0.2, 0.25) is 0 Å². The van der Waals surface area contributed by atoms with Gasteiger partial charge in [-0.05, 0) is 28.6 Å².